The Labute approximate surface area is 81.6 Å². The highest BCUT2D eigenvalue weighted by atomic mass is 32.2. The van der Waals surface area contributed by atoms with E-state index >= 15 is 0 Å². The number of hydrogen-bond acceptors (Lipinski definition) is 2. The van der Waals surface area contributed by atoms with E-state index in [1.165, 1.54) is 0 Å². The molecule has 1 nitrogen and oxygen atoms in total. The van der Waals surface area contributed by atoms with Crippen LogP contribution >= 0.6 is 11.8 Å². The monoisotopic (exact) mass is 195 g/mol. The Morgan fingerprint density at radius 3 is 2.54 bits per heavy atom. The molecule has 0 fully saturated rings. The maximum Gasteiger partial charge on any atom is 0.0991 e. The van der Waals surface area contributed by atoms with Gasteiger partial charge in [0.05, 0.1) is 18.3 Å². The molecule has 0 spiro atoms. The molecule has 1 aromatic rings. The van der Waals surface area contributed by atoms with Crippen LogP contribution in [0.15, 0.2) is 29.2 Å². The smallest absolute Gasteiger partial charge is 0.0991 e. The first-order valence-corrected chi connectivity index (χ1v) is 5.04. The number of rotatable bonds is 4. The summed E-state index contributed by atoms with van der Waals surface area (Å²) in [6, 6.07) is 9.38. The first-order valence-electron chi connectivity index (χ1n) is 4.06. The summed E-state index contributed by atoms with van der Waals surface area (Å²) >= 11 is 1.61. The zero-order valence-corrected chi connectivity index (χ0v) is 7.98. The van der Waals surface area contributed by atoms with Crippen molar-refractivity contribution in [3.8, 4) is 6.07 Å². The molecule has 1 rings (SSSR count). The van der Waals surface area contributed by atoms with Gasteiger partial charge in [0, 0.05) is 10.6 Å². The molecular weight excluding hydrogens is 185 g/mol. The number of hydrogen-bond donors (Lipinski definition) is 0. The summed E-state index contributed by atoms with van der Waals surface area (Å²) in [5.74, 6) is 0.794. The van der Waals surface area contributed by atoms with Gasteiger partial charge in [-0.1, -0.05) is 0 Å². The minimum atomic E-state index is -0.261. The molecule has 13 heavy (non-hydrogen) atoms. The van der Waals surface area contributed by atoms with Gasteiger partial charge in [0.15, 0.2) is 0 Å². The predicted molar refractivity (Wildman–Crippen MR) is 52.5 cm³/mol. The Kier molecular flexibility index (Phi) is 4.34. The molecule has 0 bridgehead atoms. The van der Waals surface area contributed by atoms with Gasteiger partial charge in [0.2, 0.25) is 0 Å². The molecule has 1 aromatic carbocycles. The van der Waals surface area contributed by atoms with Gasteiger partial charge in [-0.05, 0) is 30.7 Å². The molecule has 0 radical (unpaired) electrons. The number of nitriles is 1. The SMILES string of the molecule is N#Cc1ccc(SCCCF)cc1. The average molecular weight is 195 g/mol. The van der Waals surface area contributed by atoms with Crippen LogP contribution in [0.25, 0.3) is 0 Å². The zero-order chi connectivity index (χ0) is 9.52. The first-order chi connectivity index (χ1) is 6.36. The largest absolute Gasteiger partial charge is 0.251 e. The van der Waals surface area contributed by atoms with Crippen LogP contribution in [0.1, 0.15) is 12.0 Å². The topological polar surface area (TPSA) is 23.8 Å². The molecule has 0 saturated carbocycles. The molecule has 0 atom stereocenters. The predicted octanol–water partition coefficient (Wildman–Crippen LogP) is 3.01. The molecule has 0 aliphatic heterocycles. The minimum Gasteiger partial charge on any atom is -0.251 e. The minimum absolute atomic E-state index is 0.261. The third kappa shape index (κ3) is 3.47. The van der Waals surface area contributed by atoms with Gasteiger partial charge in [-0.2, -0.15) is 5.26 Å². The molecule has 68 valence electrons. The van der Waals surface area contributed by atoms with Crippen molar-refractivity contribution < 1.29 is 4.39 Å². The van der Waals surface area contributed by atoms with E-state index in [0.29, 0.717) is 12.0 Å². The highest BCUT2D eigenvalue weighted by Crippen LogP contribution is 2.18. The molecule has 0 unspecified atom stereocenters. The molecule has 0 saturated heterocycles. The second-order valence-corrected chi connectivity index (χ2v) is 3.70. The molecule has 0 aliphatic rings. The van der Waals surface area contributed by atoms with Crippen molar-refractivity contribution in [2.75, 3.05) is 12.4 Å². The van der Waals surface area contributed by atoms with E-state index in [-0.39, 0.29) is 6.67 Å². The molecule has 0 N–H and O–H groups in total. The highest BCUT2D eigenvalue weighted by Gasteiger charge is 1.94. The lowest BCUT2D eigenvalue weighted by Crippen LogP contribution is -1.81. The second-order valence-electron chi connectivity index (χ2n) is 2.53. The van der Waals surface area contributed by atoms with E-state index in [2.05, 4.69) is 6.07 Å². The van der Waals surface area contributed by atoms with Crippen LogP contribution in [0.5, 0.6) is 0 Å². The van der Waals surface area contributed by atoms with Crippen molar-refractivity contribution in [1.82, 2.24) is 0 Å². The number of thioether (sulfide) groups is 1. The lowest BCUT2D eigenvalue weighted by Gasteiger charge is -1.98. The van der Waals surface area contributed by atoms with E-state index in [9.17, 15) is 4.39 Å². The van der Waals surface area contributed by atoms with Gasteiger partial charge in [0.25, 0.3) is 0 Å². The summed E-state index contributed by atoms with van der Waals surface area (Å²) in [7, 11) is 0. The van der Waals surface area contributed by atoms with Crippen molar-refractivity contribution >= 4 is 11.8 Å². The van der Waals surface area contributed by atoms with Crippen LogP contribution in [-0.4, -0.2) is 12.4 Å². The van der Waals surface area contributed by atoms with E-state index in [4.69, 9.17) is 5.26 Å². The maximum atomic E-state index is 11.8. The summed E-state index contributed by atoms with van der Waals surface area (Å²) in [4.78, 5) is 1.09. The third-order valence-corrected chi connectivity index (χ3v) is 2.63. The Morgan fingerprint density at radius 2 is 2.00 bits per heavy atom. The van der Waals surface area contributed by atoms with Gasteiger partial charge in [0.1, 0.15) is 0 Å². The van der Waals surface area contributed by atoms with Gasteiger partial charge in [-0.25, -0.2) is 0 Å². The van der Waals surface area contributed by atoms with Crippen LogP contribution in [0.4, 0.5) is 4.39 Å². The summed E-state index contributed by atoms with van der Waals surface area (Å²) < 4.78 is 11.8. The summed E-state index contributed by atoms with van der Waals surface area (Å²) in [6.45, 7) is -0.261. The van der Waals surface area contributed by atoms with E-state index in [0.717, 1.165) is 10.6 Å². The molecule has 0 heterocycles. The van der Waals surface area contributed by atoms with Crippen molar-refractivity contribution in [3.05, 3.63) is 29.8 Å². The molecular formula is C10H10FNS. The average Bonchev–Trinajstić information content (AvgIpc) is 2.19. The van der Waals surface area contributed by atoms with Gasteiger partial charge in [-0.15, -0.1) is 11.8 Å². The lowest BCUT2D eigenvalue weighted by molar-refractivity contribution is 0.489. The second kappa shape index (κ2) is 5.60. The number of benzene rings is 1. The van der Waals surface area contributed by atoms with Crippen molar-refractivity contribution in [2.45, 2.75) is 11.3 Å². The Hall–Kier alpha value is -1.01. The van der Waals surface area contributed by atoms with Crippen molar-refractivity contribution in [1.29, 1.82) is 5.26 Å². The highest BCUT2D eigenvalue weighted by molar-refractivity contribution is 7.99. The van der Waals surface area contributed by atoms with E-state index in [1.807, 2.05) is 12.1 Å². The standard InChI is InChI=1S/C10H10FNS/c11-6-1-7-13-10-4-2-9(8-12)3-5-10/h2-5H,1,6-7H2. The number of alkyl halides is 1. The van der Waals surface area contributed by atoms with Crippen molar-refractivity contribution in [2.24, 2.45) is 0 Å². The van der Waals surface area contributed by atoms with Gasteiger partial charge >= 0.3 is 0 Å². The van der Waals surface area contributed by atoms with Crippen LogP contribution in [-0.2, 0) is 0 Å². The molecule has 0 aromatic heterocycles. The van der Waals surface area contributed by atoms with Crippen molar-refractivity contribution in [3.63, 3.8) is 0 Å². The van der Waals surface area contributed by atoms with Gasteiger partial charge in [-0.3, -0.25) is 4.39 Å². The molecule has 0 aliphatic carbocycles. The van der Waals surface area contributed by atoms with Crippen LogP contribution < -0.4 is 0 Å². The fourth-order valence-electron chi connectivity index (χ4n) is 0.870. The summed E-state index contributed by atoms with van der Waals surface area (Å²) in [5.41, 5.74) is 0.662. The van der Waals surface area contributed by atoms with Crippen LogP contribution in [0.3, 0.4) is 0 Å². The maximum absolute atomic E-state index is 11.8. The van der Waals surface area contributed by atoms with E-state index in [1.54, 1.807) is 23.9 Å². The zero-order valence-electron chi connectivity index (χ0n) is 7.16. The third-order valence-electron chi connectivity index (χ3n) is 1.53. The molecule has 3 heteroatoms. The molecule has 0 amide bonds. The summed E-state index contributed by atoms with van der Waals surface area (Å²) in [5, 5.41) is 8.54. The number of halogens is 1. The Morgan fingerprint density at radius 1 is 1.31 bits per heavy atom. The number of nitrogens with zero attached hydrogens (tertiary/aromatic N) is 1. The van der Waals surface area contributed by atoms with E-state index < -0.39 is 0 Å². The normalized spacial score (nSPS) is 9.54. The first kappa shape index (κ1) is 10.1. The Bertz CT molecular complexity index is 289. The van der Waals surface area contributed by atoms with Crippen LogP contribution in [0.2, 0.25) is 0 Å². The lowest BCUT2D eigenvalue weighted by atomic mass is 10.2. The van der Waals surface area contributed by atoms with Crippen LogP contribution in [0, 0.1) is 11.3 Å². The summed E-state index contributed by atoms with van der Waals surface area (Å²) in [6.07, 6.45) is 0.588. The van der Waals surface area contributed by atoms with Gasteiger partial charge < -0.3 is 0 Å². The Balaban J connectivity index is 2.46. The fraction of sp³-hybridized carbons (Fsp3) is 0.300. The quantitative estimate of drug-likeness (QED) is 0.544. The fourth-order valence-corrected chi connectivity index (χ4v) is 1.69.